The standard InChI is InChI=1S/C4H9.CH3.Al.H2O/c1-3-4-2;;;/h1,3-4H2,2H3;1H3;;1H2. The molecule has 0 fully saturated rings. The van der Waals surface area contributed by atoms with Crippen molar-refractivity contribution in [3.63, 3.8) is 0 Å². The van der Waals surface area contributed by atoms with Crippen LogP contribution in [0.1, 0.15) is 19.8 Å². The summed E-state index contributed by atoms with van der Waals surface area (Å²) >= 11 is 0.784. The third-order valence-electron chi connectivity index (χ3n) is 0.846. The Balaban J connectivity index is 0. The Bertz CT molecular complexity index is 20.0. The maximum Gasteiger partial charge on any atom is 0.195 e. The number of hydrogen-bond acceptors (Lipinski definition) is 0. The molecule has 0 saturated carbocycles. The van der Waals surface area contributed by atoms with Crippen molar-refractivity contribution in [2.45, 2.75) is 30.8 Å². The summed E-state index contributed by atoms with van der Waals surface area (Å²) in [5, 5.41) is 1.50. The summed E-state index contributed by atoms with van der Waals surface area (Å²) in [6, 6.07) is 0. The van der Waals surface area contributed by atoms with Crippen LogP contribution in [0.5, 0.6) is 0 Å². The lowest BCUT2D eigenvalue weighted by molar-refractivity contribution is 0.824. The van der Waals surface area contributed by atoms with Gasteiger partial charge in [-0.05, 0) is 0 Å². The zero-order valence-electron chi connectivity index (χ0n) is 5.20. The second kappa shape index (κ2) is 9.70. The summed E-state index contributed by atoms with van der Waals surface area (Å²) in [5.74, 6) is 2.32. The van der Waals surface area contributed by atoms with Crippen molar-refractivity contribution in [1.29, 1.82) is 0 Å². The first-order chi connectivity index (χ1) is 2.91. The van der Waals surface area contributed by atoms with Gasteiger partial charge in [0, 0.05) is 0 Å². The molecule has 0 aromatic carbocycles. The molecule has 43 valence electrons. The summed E-state index contributed by atoms with van der Waals surface area (Å²) in [7, 11) is 0. The van der Waals surface area contributed by atoms with Crippen LogP contribution in [0.2, 0.25) is 11.1 Å². The lowest BCUT2D eigenvalue weighted by Gasteiger charge is -1.84. The fraction of sp³-hybridized carbons (Fsp3) is 1.00. The highest BCUT2D eigenvalue weighted by Gasteiger charge is 1.78. The normalized spacial score (nSPS) is 7.14. The van der Waals surface area contributed by atoms with Crippen LogP contribution in [-0.2, 0) is 0 Å². The van der Waals surface area contributed by atoms with Crippen LogP contribution in [0.4, 0.5) is 0 Å². The van der Waals surface area contributed by atoms with Crippen LogP contribution in [0.3, 0.4) is 0 Å². The molecule has 7 heavy (non-hydrogen) atoms. The van der Waals surface area contributed by atoms with E-state index in [1.165, 1.54) is 18.1 Å². The highest BCUT2D eigenvalue weighted by molar-refractivity contribution is 6.33. The molecule has 0 rings (SSSR count). The molecule has 0 aromatic rings. The summed E-state index contributed by atoms with van der Waals surface area (Å²) in [4.78, 5) is 0. The van der Waals surface area contributed by atoms with E-state index in [4.69, 9.17) is 0 Å². The van der Waals surface area contributed by atoms with E-state index in [1.54, 1.807) is 0 Å². The maximum absolute atomic E-state index is 2.32. The predicted molar refractivity (Wildman–Crippen MR) is 34.9 cm³/mol. The van der Waals surface area contributed by atoms with Gasteiger partial charge in [0.05, 0.1) is 0 Å². The molecule has 0 aromatic heterocycles. The third kappa shape index (κ3) is 10.7. The van der Waals surface area contributed by atoms with Crippen molar-refractivity contribution in [2.24, 2.45) is 0 Å². The third-order valence-corrected chi connectivity index (χ3v) is 1.83. The Hall–Kier alpha value is 0.492. The summed E-state index contributed by atoms with van der Waals surface area (Å²) < 4.78 is 0. The predicted octanol–water partition coefficient (Wildman–Crippen LogP) is 1.13. The molecule has 1 radical (unpaired) electrons. The van der Waals surface area contributed by atoms with Gasteiger partial charge in [-0.25, -0.2) is 0 Å². The molecule has 0 bridgehead atoms. The Morgan fingerprint density at radius 1 is 1.43 bits per heavy atom. The molecule has 0 spiro atoms. The van der Waals surface area contributed by atoms with Crippen molar-refractivity contribution in [2.75, 3.05) is 0 Å². The number of unbranched alkanes of at least 4 members (excludes halogenated alkanes) is 1. The van der Waals surface area contributed by atoms with E-state index >= 15 is 0 Å². The molecule has 0 aliphatic heterocycles. The van der Waals surface area contributed by atoms with Crippen molar-refractivity contribution >= 4 is 15.2 Å². The highest BCUT2D eigenvalue weighted by atomic mass is 27.1. The van der Waals surface area contributed by atoms with Gasteiger partial charge in [0.1, 0.15) is 0 Å². The maximum atomic E-state index is 2.32. The molecule has 0 unspecified atom stereocenters. The summed E-state index contributed by atoms with van der Waals surface area (Å²) in [5.41, 5.74) is 0. The molecule has 1 nitrogen and oxygen atoms in total. The lowest BCUT2D eigenvalue weighted by Crippen LogP contribution is -1.76. The van der Waals surface area contributed by atoms with Gasteiger partial charge in [-0.15, -0.1) is 11.1 Å². The molecular formula is C5H14AlO. The van der Waals surface area contributed by atoms with Crippen LogP contribution in [0, 0.1) is 0 Å². The first-order valence-corrected chi connectivity index (χ1v) is 4.66. The Labute approximate surface area is 52.1 Å². The Kier molecular flexibility index (Phi) is 14.5. The second-order valence-electron chi connectivity index (χ2n) is 1.55. The van der Waals surface area contributed by atoms with Gasteiger partial charge < -0.3 is 5.48 Å². The lowest BCUT2D eigenvalue weighted by atomic mass is 10.4. The van der Waals surface area contributed by atoms with Crippen LogP contribution < -0.4 is 0 Å². The van der Waals surface area contributed by atoms with E-state index in [0.29, 0.717) is 0 Å². The fourth-order valence-electron chi connectivity index (χ4n) is 0.408. The molecular weight excluding hydrogens is 103 g/mol. The molecule has 0 saturated heterocycles. The molecule has 0 atom stereocenters. The van der Waals surface area contributed by atoms with Gasteiger partial charge in [-0.2, -0.15) is 0 Å². The SMILES string of the molecule is CCC[CH2][Al][CH3].O. The molecule has 0 heterocycles. The van der Waals surface area contributed by atoms with Crippen molar-refractivity contribution in [3.05, 3.63) is 0 Å². The largest absolute Gasteiger partial charge is 0.412 e. The Morgan fingerprint density at radius 2 is 2.00 bits per heavy atom. The molecule has 2 N–H and O–H groups in total. The fourth-order valence-corrected chi connectivity index (χ4v) is 1.22. The van der Waals surface area contributed by atoms with Gasteiger partial charge in [0.25, 0.3) is 0 Å². The van der Waals surface area contributed by atoms with E-state index in [1.807, 2.05) is 0 Å². The van der Waals surface area contributed by atoms with E-state index in [9.17, 15) is 0 Å². The zero-order valence-corrected chi connectivity index (χ0v) is 6.35. The van der Waals surface area contributed by atoms with Crippen molar-refractivity contribution in [3.8, 4) is 0 Å². The van der Waals surface area contributed by atoms with Gasteiger partial charge in [0.2, 0.25) is 0 Å². The number of rotatable bonds is 3. The zero-order chi connectivity index (χ0) is 4.83. The first-order valence-electron chi connectivity index (χ1n) is 2.69. The van der Waals surface area contributed by atoms with Gasteiger partial charge in [-0.1, -0.05) is 19.8 Å². The minimum Gasteiger partial charge on any atom is -0.412 e. The minimum absolute atomic E-state index is 0. The molecule has 2 heteroatoms. The van der Waals surface area contributed by atoms with Crippen LogP contribution in [-0.4, -0.2) is 20.7 Å². The molecule has 0 aliphatic rings. The van der Waals surface area contributed by atoms with Gasteiger partial charge >= 0.3 is 0 Å². The van der Waals surface area contributed by atoms with Crippen molar-refractivity contribution in [1.82, 2.24) is 0 Å². The van der Waals surface area contributed by atoms with E-state index in [2.05, 4.69) is 12.7 Å². The Morgan fingerprint density at radius 3 is 2.14 bits per heavy atom. The summed E-state index contributed by atoms with van der Waals surface area (Å²) in [6.45, 7) is 2.25. The average Bonchev–Trinajstić information content (AvgIpc) is 1.61. The quantitative estimate of drug-likeness (QED) is 0.392. The minimum atomic E-state index is 0. The van der Waals surface area contributed by atoms with Crippen molar-refractivity contribution < 1.29 is 5.48 Å². The van der Waals surface area contributed by atoms with Gasteiger partial charge in [-0.3, -0.25) is 0 Å². The van der Waals surface area contributed by atoms with E-state index in [-0.39, 0.29) is 5.48 Å². The van der Waals surface area contributed by atoms with E-state index < -0.39 is 0 Å². The number of hydrogen-bond donors (Lipinski definition) is 0. The highest BCUT2D eigenvalue weighted by Crippen LogP contribution is 1.90. The molecule has 0 amide bonds. The van der Waals surface area contributed by atoms with Crippen LogP contribution in [0.15, 0.2) is 0 Å². The van der Waals surface area contributed by atoms with E-state index in [0.717, 1.165) is 15.2 Å². The first kappa shape index (κ1) is 10.5. The summed E-state index contributed by atoms with van der Waals surface area (Å²) in [6.07, 6.45) is 2.83. The van der Waals surface area contributed by atoms with Gasteiger partial charge in [0.15, 0.2) is 15.2 Å². The molecule has 0 aliphatic carbocycles. The van der Waals surface area contributed by atoms with Crippen LogP contribution in [0.25, 0.3) is 0 Å². The second-order valence-corrected chi connectivity index (χ2v) is 2.94. The average molecular weight is 117 g/mol. The topological polar surface area (TPSA) is 31.5 Å². The smallest absolute Gasteiger partial charge is 0.195 e. The monoisotopic (exact) mass is 117 g/mol. The van der Waals surface area contributed by atoms with Crippen LogP contribution >= 0.6 is 0 Å².